The molecule has 74 heavy (non-hydrogen) atoms. The number of aromatic nitrogens is 3. The summed E-state index contributed by atoms with van der Waals surface area (Å²) in [6.07, 6.45) is 3.94. The Balaban J connectivity index is 0.650. The van der Waals surface area contributed by atoms with Gasteiger partial charge in [-0.25, -0.2) is 8.78 Å². The Hall–Kier alpha value is -6.87. The molecule has 4 heterocycles. The minimum atomic E-state index is -2.98. The number of nitrogens with one attached hydrogen (secondary N) is 3. The standard InChI is InChI=1S/C55H66F2N9O7P/c1-37-53(38(2)73-63-37)40-30-47(58)54-48(59)34-65(51(54)31-40)33-39-9-13-45(14-10-39)72-35-52(67)61-20-23-68-24-25-69-26-27-70-28-29-71-44-15-11-41(12-16-44)60-19-5-6-43-32-46-49(62-42-17-21-64(3)22-18-42)7-4-8-50(46)66(43)36-55(56,57)74/h4,7-16,30-32,34,42,60,62H,17-29,33,35-36,58-59,74H2,1-3H3,(H,61,67). The van der Waals surface area contributed by atoms with Crippen molar-refractivity contribution >= 4 is 59.7 Å². The smallest absolute Gasteiger partial charge is 0.276 e. The van der Waals surface area contributed by atoms with Crippen LogP contribution in [0.5, 0.6) is 11.5 Å². The second-order valence-electron chi connectivity index (χ2n) is 18.4. The largest absolute Gasteiger partial charge is 0.491 e. The number of likely N-dealkylation sites (tertiary alicyclic amines) is 1. The fourth-order valence-corrected chi connectivity index (χ4v) is 9.17. The third-order valence-corrected chi connectivity index (χ3v) is 12.8. The van der Waals surface area contributed by atoms with Crippen LogP contribution in [0.25, 0.3) is 32.9 Å². The van der Waals surface area contributed by atoms with Gasteiger partial charge in [0.15, 0.2) is 6.61 Å². The number of nitrogens with zero attached hydrogens (tertiary/aromatic N) is 4. The highest BCUT2D eigenvalue weighted by atomic mass is 31.0. The topological polar surface area (TPSA) is 190 Å². The number of aryl methyl sites for hydroxylation is 2. The summed E-state index contributed by atoms with van der Waals surface area (Å²) < 4.78 is 66.0. The molecule has 7 aromatic rings. The molecule has 392 valence electrons. The number of piperidine rings is 1. The average Bonchev–Trinajstić information content (AvgIpc) is 4.02. The van der Waals surface area contributed by atoms with Crippen molar-refractivity contribution in [1.82, 2.24) is 24.5 Å². The van der Waals surface area contributed by atoms with Gasteiger partial charge in [0.05, 0.1) is 80.8 Å². The SMILES string of the molecule is Cc1noc(C)c1-c1cc(N)c2c(N)cn(Cc3ccc(OCC(=O)NCCOCCOCCOCCOc4ccc(NCC#Cc5cc6c(NC7CCN(C)CC7)cccc6n5CC(F)(F)P)cc4)cc3)c2c1. The molecule has 8 rings (SSSR count). The summed E-state index contributed by atoms with van der Waals surface area (Å²) in [4.78, 5) is 14.7. The predicted molar refractivity (Wildman–Crippen MR) is 290 cm³/mol. The van der Waals surface area contributed by atoms with Crippen LogP contribution in [0.1, 0.15) is 35.6 Å². The molecule has 16 nitrogen and oxygen atoms in total. The fourth-order valence-electron chi connectivity index (χ4n) is 8.99. The van der Waals surface area contributed by atoms with E-state index in [2.05, 4.69) is 55.5 Å². The molecule has 1 atom stereocenters. The first-order valence-electron chi connectivity index (χ1n) is 24.8. The molecule has 0 saturated carbocycles. The lowest BCUT2D eigenvalue weighted by atomic mass is 10.0. The van der Waals surface area contributed by atoms with E-state index in [1.165, 1.54) is 0 Å². The average molecular weight is 1030 g/mol. The Kier molecular flexibility index (Phi) is 18.3. The minimum absolute atomic E-state index is 0.125. The van der Waals surface area contributed by atoms with E-state index in [-0.39, 0.29) is 12.5 Å². The van der Waals surface area contributed by atoms with Crippen LogP contribution >= 0.6 is 9.24 Å². The fraction of sp³-hybridized carbons (Fsp3) is 0.382. The van der Waals surface area contributed by atoms with E-state index in [0.717, 1.165) is 87.3 Å². The van der Waals surface area contributed by atoms with Crippen molar-refractivity contribution in [3.63, 3.8) is 0 Å². The van der Waals surface area contributed by atoms with Crippen LogP contribution in [0.2, 0.25) is 0 Å². The van der Waals surface area contributed by atoms with Crippen molar-refractivity contribution in [3.05, 3.63) is 114 Å². The molecule has 19 heteroatoms. The first-order valence-corrected chi connectivity index (χ1v) is 25.4. The summed E-state index contributed by atoms with van der Waals surface area (Å²) in [7, 11) is 3.77. The molecule has 7 N–H and O–H groups in total. The van der Waals surface area contributed by atoms with Crippen LogP contribution in [0.15, 0.2) is 95.6 Å². The molecule has 1 amide bonds. The number of fused-ring (bicyclic) bond motifs is 2. The zero-order chi connectivity index (χ0) is 52.0. The maximum Gasteiger partial charge on any atom is 0.276 e. The number of halogens is 2. The van der Waals surface area contributed by atoms with Crippen LogP contribution in [0.3, 0.4) is 0 Å². The van der Waals surface area contributed by atoms with Gasteiger partial charge < -0.3 is 69.7 Å². The molecule has 1 unspecified atom stereocenters. The van der Waals surface area contributed by atoms with Gasteiger partial charge in [-0.3, -0.25) is 4.79 Å². The molecule has 0 radical (unpaired) electrons. The first-order chi connectivity index (χ1) is 35.8. The van der Waals surface area contributed by atoms with Crippen molar-refractivity contribution in [1.29, 1.82) is 0 Å². The summed E-state index contributed by atoms with van der Waals surface area (Å²) in [6, 6.07) is 27.1. The number of hydrogen-bond acceptors (Lipinski definition) is 13. The number of hydrogen-bond donors (Lipinski definition) is 5. The molecule has 0 bridgehead atoms. The quantitative estimate of drug-likeness (QED) is 0.0160. The maximum atomic E-state index is 14.3. The molecule has 0 aliphatic carbocycles. The third kappa shape index (κ3) is 14.7. The second kappa shape index (κ2) is 25.4. The summed E-state index contributed by atoms with van der Waals surface area (Å²) in [5, 5.41) is 15.5. The van der Waals surface area contributed by atoms with Crippen LogP contribution in [0, 0.1) is 25.7 Å². The van der Waals surface area contributed by atoms with Gasteiger partial charge in [0, 0.05) is 58.7 Å². The van der Waals surface area contributed by atoms with E-state index in [0.29, 0.717) is 100 Å². The third-order valence-electron chi connectivity index (χ3n) is 12.7. The Morgan fingerprint density at radius 1 is 0.865 bits per heavy atom. The lowest BCUT2D eigenvalue weighted by molar-refractivity contribution is -0.123. The minimum Gasteiger partial charge on any atom is -0.491 e. The van der Waals surface area contributed by atoms with Gasteiger partial charge in [-0.2, -0.15) is 0 Å². The lowest BCUT2D eigenvalue weighted by Crippen LogP contribution is -2.36. The van der Waals surface area contributed by atoms with Gasteiger partial charge in [0.2, 0.25) is 0 Å². The van der Waals surface area contributed by atoms with Gasteiger partial charge >= 0.3 is 0 Å². The van der Waals surface area contributed by atoms with Gasteiger partial charge in [0.25, 0.3) is 11.6 Å². The van der Waals surface area contributed by atoms with Crippen LogP contribution < -0.4 is 36.9 Å². The zero-order valence-corrected chi connectivity index (χ0v) is 43.3. The summed E-state index contributed by atoms with van der Waals surface area (Å²) in [5.41, 5.74) is 18.6. The molecule has 1 fully saturated rings. The number of rotatable bonds is 25. The molecule has 1 saturated heterocycles. The number of carbonyl (C=O) groups is 1. The highest BCUT2D eigenvalue weighted by molar-refractivity contribution is 7.18. The highest BCUT2D eigenvalue weighted by Gasteiger charge is 2.26. The van der Waals surface area contributed by atoms with Crippen LogP contribution in [0.4, 0.5) is 31.5 Å². The first kappa shape index (κ1) is 53.4. The number of ether oxygens (including phenoxy) is 5. The van der Waals surface area contributed by atoms with Crippen molar-refractivity contribution in [2.75, 3.05) is 108 Å². The van der Waals surface area contributed by atoms with E-state index in [9.17, 15) is 13.6 Å². The molecule has 1 aliphatic heterocycles. The van der Waals surface area contributed by atoms with E-state index in [1.807, 2.05) is 98.9 Å². The van der Waals surface area contributed by atoms with Gasteiger partial charge in [-0.05, 0) is 131 Å². The summed E-state index contributed by atoms with van der Waals surface area (Å²) >= 11 is 0. The normalized spacial score (nSPS) is 13.3. The number of amides is 1. The van der Waals surface area contributed by atoms with Crippen LogP contribution in [-0.4, -0.2) is 123 Å². The monoisotopic (exact) mass is 1030 g/mol. The number of benzene rings is 4. The van der Waals surface area contributed by atoms with Crippen molar-refractivity contribution in [2.24, 2.45) is 0 Å². The molecular formula is C55H66F2N9O7P. The number of carbonyl (C=O) groups excluding carboxylic acids is 1. The number of alkyl halides is 2. The van der Waals surface area contributed by atoms with Gasteiger partial charge in [-0.1, -0.05) is 38.5 Å². The van der Waals surface area contributed by atoms with Gasteiger partial charge in [-0.15, -0.1) is 0 Å². The Bertz CT molecular complexity index is 3010. The van der Waals surface area contributed by atoms with E-state index < -0.39 is 12.2 Å². The molecule has 1 aliphatic rings. The highest BCUT2D eigenvalue weighted by Crippen LogP contribution is 2.37. The predicted octanol–water partition coefficient (Wildman–Crippen LogP) is 8.14. The molecule has 0 spiro atoms. The van der Waals surface area contributed by atoms with E-state index in [1.54, 1.807) is 13.8 Å². The second-order valence-corrected chi connectivity index (χ2v) is 19.2. The Morgan fingerprint density at radius 3 is 2.26 bits per heavy atom. The molecule has 3 aromatic heterocycles. The Labute approximate surface area is 432 Å². The van der Waals surface area contributed by atoms with Crippen molar-refractivity contribution in [2.45, 2.75) is 51.5 Å². The van der Waals surface area contributed by atoms with E-state index in [4.69, 9.17) is 39.7 Å². The van der Waals surface area contributed by atoms with Crippen molar-refractivity contribution in [3.8, 4) is 34.5 Å². The van der Waals surface area contributed by atoms with Crippen molar-refractivity contribution < 1.29 is 41.8 Å². The van der Waals surface area contributed by atoms with Crippen LogP contribution in [-0.2, 0) is 32.1 Å². The summed E-state index contributed by atoms with van der Waals surface area (Å²) in [5.74, 6) is 7.98. The van der Waals surface area contributed by atoms with E-state index >= 15 is 0 Å². The zero-order valence-electron chi connectivity index (χ0n) is 42.2. The lowest BCUT2D eigenvalue weighted by Gasteiger charge is -2.30. The molecule has 4 aromatic carbocycles. The van der Waals surface area contributed by atoms with Gasteiger partial charge in [0.1, 0.15) is 23.9 Å². The molecular weight excluding hydrogens is 968 g/mol. The number of anilines is 4. The Morgan fingerprint density at radius 2 is 1.55 bits per heavy atom. The number of nitrogen functional groups attached to an aromatic ring is 2. The summed E-state index contributed by atoms with van der Waals surface area (Å²) in [6.45, 7) is 9.10. The number of nitrogens with two attached hydrogens (primary N) is 2. The maximum absolute atomic E-state index is 14.3.